The Morgan fingerprint density at radius 1 is 1.55 bits per heavy atom. The summed E-state index contributed by atoms with van der Waals surface area (Å²) in [6, 6.07) is 0. The SMILES string of the molecule is COC(=O)/C=N/[Si]C(C)(C)C. The van der Waals surface area contributed by atoms with Crippen molar-refractivity contribution in [2.75, 3.05) is 7.11 Å². The van der Waals surface area contributed by atoms with E-state index < -0.39 is 0 Å². The second-order valence-electron chi connectivity index (χ2n) is 3.14. The minimum atomic E-state index is -0.387. The highest BCUT2D eigenvalue weighted by atomic mass is 28.2. The van der Waals surface area contributed by atoms with Crippen LogP contribution < -0.4 is 0 Å². The Kier molecular flexibility index (Phi) is 4.03. The molecule has 0 unspecified atom stereocenters. The van der Waals surface area contributed by atoms with Gasteiger partial charge in [0.05, 0.1) is 13.3 Å². The quantitative estimate of drug-likeness (QED) is 0.354. The minimum absolute atomic E-state index is 0.157. The van der Waals surface area contributed by atoms with Crippen LogP contribution in [0.25, 0.3) is 0 Å². The van der Waals surface area contributed by atoms with Crippen LogP contribution in [0.3, 0.4) is 0 Å². The lowest BCUT2D eigenvalue weighted by molar-refractivity contribution is -0.132. The number of nitrogens with zero attached hydrogens (tertiary/aromatic N) is 1. The van der Waals surface area contributed by atoms with E-state index in [2.05, 4.69) is 30.2 Å². The Hall–Kier alpha value is -0.643. The fourth-order valence-electron chi connectivity index (χ4n) is 0.331. The molecule has 4 heteroatoms. The van der Waals surface area contributed by atoms with E-state index in [1.807, 2.05) is 0 Å². The lowest BCUT2D eigenvalue weighted by atomic mass is 10.3. The van der Waals surface area contributed by atoms with Gasteiger partial charge in [0.15, 0.2) is 0 Å². The maximum atomic E-state index is 10.5. The molecule has 0 heterocycles. The summed E-state index contributed by atoms with van der Waals surface area (Å²) in [4.78, 5) is 10.5. The second-order valence-corrected chi connectivity index (χ2v) is 5.12. The number of methoxy groups -OCH3 is 1. The molecule has 0 spiro atoms. The van der Waals surface area contributed by atoms with Crippen LogP contribution in [0, 0.1) is 0 Å². The zero-order valence-corrected chi connectivity index (χ0v) is 8.34. The third-order valence-corrected chi connectivity index (χ3v) is 1.70. The van der Waals surface area contributed by atoms with Gasteiger partial charge in [0.25, 0.3) is 0 Å². The van der Waals surface area contributed by atoms with E-state index in [-0.39, 0.29) is 11.0 Å². The van der Waals surface area contributed by atoms with Gasteiger partial charge in [0, 0.05) is 0 Å². The predicted octanol–water partition coefficient (Wildman–Crippen LogP) is 1.07. The number of ether oxygens (including phenoxy) is 1. The monoisotopic (exact) mass is 171 g/mol. The Morgan fingerprint density at radius 2 is 2.09 bits per heavy atom. The smallest absolute Gasteiger partial charge is 0.347 e. The van der Waals surface area contributed by atoms with E-state index in [0.717, 1.165) is 0 Å². The van der Waals surface area contributed by atoms with Crippen molar-refractivity contribution in [3.63, 3.8) is 0 Å². The maximum absolute atomic E-state index is 10.5. The normalized spacial score (nSPS) is 12.0. The highest BCUT2D eigenvalue weighted by Gasteiger charge is 2.10. The molecule has 0 saturated carbocycles. The fourth-order valence-corrected chi connectivity index (χ4v) is 0.889. The van der Waals surface area contributed by atoms with Crippen LogP contribution in [-0.4, -0.2) is 29.0 Å². The van der Waals surface area contributed by atoms with E-state index in [1.54, 1.807) is 0 Å². The van der Waals surface area contributed by atoms with Gasteiger partial charge in [-0.1, -0.05) is 20.8 Å². The van der Waals surface area contributed by atoms with Crippen molar-refractivity contribution in [1.29, 1.82) is 0 Å². The molecule has 3 nitrogen and oxygen atoms in total. The van der Waals surface area contributed by atoms with Crippen molar-refractivity contribution >= 4 is 21.9 Å². The molecule has 0 aromatic rings. The second kappa shape index (κ2) is 4.28. The zero-order chi connectivity index (χ0) is 8.91. The number of hydrogen-bond donors (Lipinski definition) is 0. The molecule has 0 aromatic heterocycles. The van der Waals surface area contributed by atoms with Crippen molar-refractivity contribution in [2.45, 2.75) is 25.8 Å². The largest absolute Gasteiger partial charge is 0.465 e. The number of esters is 1. The first-order valence-corrected chi connectivity index (χ1v) is 4.28. The average Bonchev–Trinajstić information content (AvgIpc) is 1.85. The van der Waals surface area contributed by atoms with Gasteiger partial charge in [-0.15, -0.1) is 0 Å². The lowest BCUT2D eigenvalue weighted by Crippen LogP contribution is -2.08. The predicted molar refractivity (Wildman–Crippen MR) is 46.0 cm³/mol. The molecular weight excluding hydrogens is 158 g/mol. The molecule has 62 valence electrons. The van der Waals surface area contributed by atoms with Gasteiger partial charge in [-0.05, 0) is 5.04 Å². The highest BCUT2D eigenvalue weighted by molar-refractivity contribution is 6.42. The summed E-state index contributed by atoms with van der Waals surface area (Å²) in [5.41, 5.74) is 0. The van der Waals surface area contributed by atoms with E-state index in [0.29, 0.717) is 9.68 Å². The van der Waals surface area contributed by atoms with Crippen molar-refractivity contribution in [3.8, 4) is 0 Å². The van der Waals surface area contributed by atoms with Crippen molar-refractivity contribution in [1.82, 2.24) is 0 Å². The first-order chi connectivity index (χ1) is 4.95. The molecule has 0 aliphatic heterocycles. The molecule has 2 radical (unpaired) electrons. The van der Waals surface area contributed by atoms with E-state index in [4.69, 9.17) is 0 Å². The van der Waals surface area contributed by atoms with E-state index in [1.165, 1.54) is 13.3 Å². The summed E-state index contributed by atoms with van der Waals surface area (Å²) in [6.07, 6.45) is 1.23. The van der Waals surface area contributed by atoms with Gasteiger partial charge in [0.1, 0.15) is 0 Å². The lowest BCUT2D eigenvalue weighted by Gasteiger charge is -2.10. The molecule has 0 aliphatic carbocycles. The average molecular weight is 171 g/mol. The minimum Gasteiger partial charge on any atom is -0.465 e. The van der Waals surface area contributed by atoms with E-state index in [9.17, 15) is 4.79 Å². The molecule has 0 atom stereocenters. The molecule has 0 rings (SSSR count). The topological polar surface area (TPSA) is 38.7 Å². The Labute approximate surface area is 69.8 Å². The summed E-state index contributed by atoms with van der Waals surface area (Å²) in [7, 11) is 1.75. The fraction of sp³-hybridized carbons (Fsp3) is 0.714. The van der Waals surface area contributed by atoms with Crippen LogP contribution in [0.2, 0.25) is 5.04 Å². The van der Waals surface area contributed by atoms with Crippen LogP contribution in [-0.2, 0) is 9.53 Å². The molecule has 0 fully saturated rings. The van der Waals surface area contributed by atoms with Crippen LogP contribution in [0.5, 0.6) is 0 Å². The summed E-state index contributed by atoms with van der Waals surface area (Å²) in [5.74, 6) is -0.387. The number of hydrogen-bond acceptors (Lipinski definition) is 3. The summed E-state index contributed by atoms with van der Waals surface area (Å²) in [6.45, 7) is 6.21. The van der Waals surface area contributed by atoms with E-state index >= 15 is 0 Å². The van der Waals surface area contributed by atoms with Gasteiger partial charge in [0.2, 0.25) is 9.68 Å². The molecule has 0 bridgehead atoms. The summed E-state index contributed by atoms with van der Waals surface area (Å²) < 4.78 is 8.32. The van der Waals surface area contributed by atoms with Gasteiger partial charge < -0.3 is 9.39 Å². The summed E-state index contributed by atoms with van der Waals surface area (Å²) in [5, 5.41) is 0.157. The van der Waals surface area contributed by atoms with Crippen LogP contribution in [0.15, 0.2) is 4.66 Å². The standard InChI is InChI=1S/C7H13NO2Si/c1-7(2,3)11-8-5-6(9)10-4/h5H,1-4H3/b8-5+. The Bertz CT molecular complexity index is 160. The first-order valence-electron chi connectivity index (χ1n) is 3.34. The van der Waals surface area contributed by atoms with Crippen LogP contribution in [0.1, 0.15) is 20.8 Å². The number of carbonyl (C=O) groups is 1. The summed E-state index contributed by atoms with van der Waals surface area (Å²) >= 11 is 0. The molecule has 0 aromatic carbocycles. The highest BCUT2D eigenvalue weighted by Crippen LogP contribution is 2.19. The zero-order valence-electron chi connectivity index (χ0n) is 7.34. The third-order valence-electron chi connectivity index (χ3n) is 0.771. The number of carbonyl (C=O) groups excluding carboxylic acids is 1. The van der Waals surface area contributed by atoms with Crippen LogP contribution >= 0.6 is 0 Å². The molecule has 0 saturated heterocycles. The van der Waals surface area contributed by atoms with Crippen molar-refractivity contribution in [3.05, 3.63) is 0 Å². The van der Waals surface area contributed by atoms with Gasteiger partial charge in [-0.2, -0.15) is 0 Å². The van der Waals surface area contributed by atoms with Gasteiger partial charge in [-0.25, -0.2) is 4.79 Å². The molecule has 0 aliphatic rings. The van der Waals surface area contributed by atoms with Crippen molar-refractivity contribution < 1.29 is 9.53 Å². The number of rotatable bonds is 2. The molecule has 0 amide bonds. The molecule has 11 heavy (non-hydrogen) atoms. The Balaban J connectivity index is 3.70. The third kappa shape index (κ3) is 7.25. The van der Waals surface area contributed by atoms with Gasteiger partial charge in [-0.3, -0.25) is 0 Å². The van der Waals surface area contributed by atoms with Crippen LogP contribution in [0.4, 0.5) is 0 Å². The van der Waals surface area contributed by atoms with Crippen molar-refractivity contribution in [2.24, 2.45) is 4.66 Å². The Morgan fingerprint density at radius 3 is 2.45 bits per heavy atom. The maximum Gasteiger partial charge on any atom is 0.347 e. The molecular formula is C7H13NO2Si. The van der Waals surface area contributed by atoms with Gasteiger partial charge >= 0.3 is 5.97 Å². The first kappa shape index (κ1) is 10.4. The molecule has 0 N–H and O–H groups in total.